The van der Waals surface area contributed by atoms with E-state index in [-0.39, 0.29) is 35.5 Å². The zero-order valence-corrected chi connectivity index (χ0v) is 14.4. The molecule has 0 aromatic carbocycles. The van der Waals surface area contributed by atoms with Gasteiger partial charge in [0.25, 0.3) is 5.60 Å². The third-order valence-corrected chi connectivity index (χ3v) is 5.96. The van der Waals surface area contributed by atoms with Gasteiger partial charge in [0.15, 0.2) is 0 Å². The molecule has 2 rings (SSSR count). The first kappa shape index (κ1) is 21.0. The summed E-state index contributed by atoms with van der Waals surface area (Å²) in [4.78, 5) is 12.1. The zero-order valence-electron chi connectivity index (χ0n) is 14.4. The van der Waals surface area contributed by atoms with E-state index in [0.717, 1.165) is 12.8 Å². The van der Waals surface area contributed by atoms with Crippen LogP contribution in [0.15, 0.2) is 24.3 Å². The number of halogens is 6. The van der Waals surface area contributed by atoms with E-state index in [1.165, 1.54) is 0 Å². The molecule has 0 aromatic rings. The number of carbonyl (C=O) groups excluding carboxylic acids is 1. The number of hydrogen-bond acceptors (Lipinski definition) is 2. The SMILES string of the molecule is C=C(C/C=C/C(O)(C(F)(F)F)C(F)(F)F)C1CC[C@H]2C(=O)CCC[C@]12C. The summed E-state index contributed by atoms with van der Waals surface area (Å²) in [5, 5.41) is 9.12. The molecule has 1 unspecified atom stereocenters. The van der Waals surface area contributed by atoms with Gasteiger partial charge in [0, 0.05) is 12.3 Å². The highest BCUT2D eigenvalue weighted by atomic mass is 19.4. The van der Waals surface area contributed by atoms with Gasteiger partial charge in [0.2, 0.25) is 0 Å². The van der Waals surface area contributed by atoms with Crippen LogP contribution < -0.4 is 0 Å². The van der Waals surface area contributed by atoms with Crippen LogP contribution in [0.4, 0.5) is 26.3 Å². The first-order chi connectivity index (χ1) is 11.7. The predicted molar refractivity (Wildman–Crippen MR) is 83.1 cm³/mol. The predicted octanol–water partition coefficient (Wildman–Crippen LogP) is 5.13. The van der Waals surface area contributed by atoms with Crippen molar-refractivity contribution < 1.29 is 36.2 Å². The number of alkyl halides is 6. The molecule has 0 saturated heterocycles. The van der Waals surface area contributed by atoms with Crippen LogP contribution in [0.25, 0.3) is 0 Å². The molecule has 0 aliphatic heterocycles. The van der Waals surface area contributed by atoms with Gasteiger partial charge in [-0.15, -0.1) is 0 Å². The van der Waals surface area contributed by atoms with Gasteiger partial charge in [0.05, 0.1) is 0 Å². The van der Waals surface area contributed by atoms with E-state index in [1.807, 2.05) is 6.92 Å². The van der Waals surface area contributed by atoms with Crippen molar-refractivity contribution in [1.29, 1.82) is 0 Å². The number of fused-ring (bicyclic) bond motifs is 1. The molecule has 2 fully saturated rings. The van der Waals surface area contributed by atoms with Gasteiger partial charge < -0.3 is 5.11 Å². The summed E-state index contributed by atoms with van der Waals surface area (Å²) in [5.74, 6) is -0.0800. The normalized spacial score (nSPS) is 30.7. The minimum absolute atomic E-state index is 0.121. The molecule has 2 saturated carbocycles. The first-order valence-electron chi connectivity index (χ1n) is 8.48. The molecule has 3 atom stereocenters. The lowest BCUT2D eigenvalue weighted by molar-refractivity contribution is -0.347. The van der Waals surface area contributed by atoms with Crippen molar-refractivity contribution in [3.8, 4) is 0 Å². The zero-order chi connectivity index (χ0) is 20.0. The Morgan fingerprint density at radius 2 is 1.81 bits per heavy atom. The standard InChI is InChI=1S/C18H22F6O2/c1-11(5-3-10-16(26,17(19,20)21)18(22,23)24)12-7-8-13-14(25)6-4-9-15(12,13)2/h3,10,12-13,26H,1,4-9H2,2H3/b10-3+/t12?,13-,15+/m0/s1. The summed E-state index contributed by atoms with van der Waals surface area (Å²) in [6.45, 7) is 5.78. The van der Waals surface area contributed by atoms with Gasteiger partial charge in [-0.05, 0) is 49.5 Å². The Morgan fingerprint density at radius 1 is 1.23 bits per heavy atom. The highest BCUT2D eigenvalue weighted by Crippen LogP contribution is 2.56. The van der Waals surface area contributed by atoms with Crippen LogP contribution in [0.1, 0.15) is 45.4 Å². The molecule has 0 amide bonds. The van der Waals surface area contributed by atoms with Gasteiger partial charge in [-0.3, -0.25) is 4.79 Å². The molecule has 0 radical (unpaired) electrons. The Labute approximate surface area is 148 Å². The third-order valence-electron chi connectivity index (χ3n) is 5.96. The molecular formula is C18H22F6O2. The summed E-state index contributed by atoms with van der Waals surface area (Å²) in [6.07, 6.45) is -8.20. The van der Waals surface area contributed by atoms with E-state index in [1.54, 1.807) is 0 Å². The minimum Gasteiger partial charge on any atom is -0.370 e. The van der Waals surface area contributed by atoms with Crippen molar-refractivity contribution in [3.63, 3.8) is 0 Å². The summed E-state index contributed by atoms with van der Waals surface area (Å²) in [7, 11) is 0. The van der Waals surface area contributed by atoms with E-state index in [9.17, 15) is 31.1 Å². The Kier molecular flexibility index (Phi) is 5.40. The van der Waals surface area contributed by atoms with Crippen molar-refractivity contribution >= 4 is 5.78 Å². The molecular weight excluding hydrogens is 362 g/mol. The number of carbonyl (C=O) groups is 1. The lowest BCUT2D eigenvalue weighted by atomic mass is 9.63. The van der Waals surface area contributed by atoms with Crippen LogP contribution >= 0.6 is 0 Å². The fourth-order valence-electron chi connectivity index (χ4n) is 4.47. The number of aliphatic hydroxyl groups is 1. The van der Waals surface area contributed by atoms with Crippen LogP contribution in [-0.2, 0) is 4.79 Å². The van der Waals surface area contributed by atoms with Crippen molar-refractivity contribution in [1.82, 2.24) is 0 Å². The third kappa shape index (κ3) is 3.44. The summed E-state index contributed by atoms with van der Waals surface area (Å²) in [5.41, 5.74) is -4.74. The van der Waals surface area contributed by atoms with Crippen molar-refractivity contribution in [2.24, 2.45) is 17.3 Å². The van der Waals surface area contributed by atoms with Crippen molar-refractivity contribution in [2.45, 2.75) is 63.4 Å². The quantitative estimate of drug-likeness (QED) is 0.539. The molecule has 8 heteroatoms. The van der Waals surface area contributed by atoms with Gasteiger partial charge in [-0.1, -0.05) is 25.2 Å². The average Bonchev–Trinajstić information content (AvgIpc) is 2.83. The van der Waals surface area contributed by atoms with Crippen molar-refractivity contribution in [3.05, 3.63) is 24.3 Å². The monoisotopic (exact) mass is 384 g/mol. The first-order valence-corrected chi connectivity index (χ1v) is 8.48. The molecule has 1 N–H and O–H groups in total. The largest absolute Gasteiger partial charge is 0.429 e. The summed E-state index contributed by atoms with van der Waals surface area (Å²) in [6, 6.07) is 0. The summed E-state index contributed by atoms with van der Waals surface area (Å²) < 4.78 is 76.0. The number of hydrogen-bond donors (Lipinski definition) is 1. The lowest BCUT2D eigenvalue weighted by Gasteiger charge is -2.40. The minimum atomic E-state index is -5.87. The molecule has 2 aliphatic carbocycles. The van der Waals surface area contributed by atoms with E-state index in [2.05, 4.69) is 6.58 Å². The number of Topliss-reactive ketones (excluding diaryl/α,β-unsaturated/α-hetero) is 1. The molecule has 0 spiro atoms. The summed E-state index contributed by atoms with van der Waals surface area (Å²) >= 11 is 0. The van der Waals surface area contributed by atoms with Gasteiger partial charge in [0.1, 0.15) is 5.78 Å². The smallest absolute Gasteiger partial charge is 0.370 e. The van der Waals surface area contributed by atoms with E-state index in [0.29, 0.717) is 30.9 Å². The van der Waals surface area contributed by atoms with E-state index in [4.69, 9.17) is 5.11 Å². The highest BCUT2D eigenvalue weighted by molar-refractivity contribution is 5.83. The fraction of sp³-hybridized carbons (Fsp3) is 0.722. The second-order valence-electron chi connectivity index (χ2n) is 7.53. The highest BCUT2D eigenvalue weighted by Gasteiger charge is 2.68. The molecule has 2 nitrogen and oxygen atoms in total. The number of ketones is 1. The second-order valence-corrected chi connectivity index (χ2v) is 7.53. The number of rotatable bonds is 4. The van der Waals surface area contributed by atoms with Crippen LogP contribution in [0.5, 0.6) is 0 Å². The van der Waals surface area contributed by atoms with Crippen molar-refractivity contribution in [2.75, 3.05) is 0 Å². The molecule has 148 valence electrons. The van der Waals surface area contributed by atoms with Gasteiger partial charge in [-0.25, -0.2) is 0 Å². The second kappa shape index (κ2) is 6.69. The molecule has 0 heterocycles. The number of allylic oxidation sites excluding steroid dienone is 2. The Balaban J connectivity index is 2.13. The Morgan fingerprint density at radius 3 is 2.35 bits per heavy atom. The van der Waals surface area contributed by atoms with Crippen LogP contribution in [0.2, 0.25) is 0 Å². The average molecular weight is 384 g/mol. The van der Waals surface area contributed by atoms with Crippen LogP contribution in [-0.4, -0.2) is 28.8 Å². The lowest BCUT2D eigenvalue weighted by Crippen LogP contribution is -2.55. The van der Waals surface area contributed by atoms with Gasteiger partial charge >= 0.3 is 12.4 Å². The Hall–Kier alpha value is -1.31. The van der Waals surface area contributed by atoms with Crippen LogP contribution in [0.3, 0.4) is 0 Å². The van der Waals surface area contributed by atoms with E-state index < -0.39 is 18.0 Å². The molecule has 26 heavy (non-hydrogen) atoms. The van der Waals surface area contributed by atoms with E-state index >= 15 is 0 Å². The molecule has 2 aliphatic rings. The topological polar surface area (TPSA) is 37.3 Å². The molecule has 0 bridgehead atoms. The maximum atomic E-state index is 12.7. The fourth-order valence-corrected chi connectivity index (χ4v) is 4.47. The maximum Gasteiger partial charge on any atom is 0.429 e. The Bertz CT molecular complexity index is 590. The van der Waals surface area contributed by atoms with Gasteiger partial charge in [-0.2, -0.15) is 26.3 Å². The maximum absolute atomic E-state index is 12.7. The molecule has 0 aromatic heterocycles. The van der Waals surface area contributed by atoms with Crippen LogP contribution in [0, 0.1) is 17.3 Å².